The van der Waals surface area contributed by atoms with E-state index >= 15 is 0 Å². The first-order valence-corrected chi connectivity index (χ1v) is 6.60. The fourth-order valence-electron chi connectivity index (χ4n) is 1.84. The van der Waals surface area contributed by atoms with Crippen molar-refractivity contribution in [3.05, 3.63) is 34.9 Å². The topological polar surface area (TPSA) is 101 Å². The molecule has 0 aliphatic heterocycles. The van der Waals surface area contributed by atoms with E-state index in [1.165, 1.54) is 25.1 Å². The molecule has 0 amide bonds. The maximum absolute atomic E-state index is 11.9. The van der Waals surface area contributed by atoms with Gasteiger partial charge in [-0.1, -0.05) is 12.1 Å². The zero-order valence-electron chi connectivity index (χ0n) is 11.5. The molecule has 0 radical (unpaired) electrons. The van der Waals surface area contributed by atoms with Crippen molar-refractivity contribution in [2.75, 3.05) is 6.61 Å². The number of carboxylic acids is 1. The van der Waals surface area contributed by atoms with Crippen LogP contribution in [0, 0.1) is 0 Å². The molecule has 2 N–H and O–H groups in total. The van der Waals surface area contributed by atoms with Gasteiger partial charge in [-0.15, -0.1) is 11.6 Å². The number of esters is 1. The number of hydrogen-bond donors (Lipinski definition) is 2. The van der Waals surface area contributed by atoms with Gasteiger partial charge in [-0.2, -0.15) is 0 Å². The quantitative estimate of drug-likeness (QED) is 0.614. The van der Waals surface area contributed by atoms with E-state index in [0.717, 1.165) is 0 Å². The molecule has 0 heterocycles. The first-order chi connectivity index (χ1) is 9.81. The monoisotopic (exact) mass is 314 g/mol. The van der Waals surface area contributed by atoms with Crippen molar-refractivity contribution >= 4 is 29.3 Å². The van der Waals surface area contributed by atoms with Crippen molar-refractivity contribution in [2.45, 2.75) is 25.3 Å². The third-order valence-electron chi connectivity index (χ3n) is 2.77. The summed E-state index contributed by atoms with van der Waals surface area (Å²) in [6.45, 7) is 2.91. The SMILES string of the molecule is CCOC(=O)c1cccc(C(Cl)C(C)=O)c1C(O)C(=O)O. The zero-order valence-corrected chi connectivity index (χ0v) is 12.3. The number of rotatable bonds is 6. The summed E-state index contributed by atoms with van der Waals surface area (Å²) in [5.74, 6) is -2.78. The van der Waals surface area contributed by atoms with Crippen LogP contribution < -0.4 is 0 Å². The third kappa shape index (κ3) is 3.80. The molecule has 0 saturated heterocycles. The van der Waals surface area contributed by atoms with Crippen LogP contribution in [-0.2, 0) is 14.3 Å². The molecule has 2 atom stereocenters. The summed E-state index contributed by atoms with van der Waals surface area (Å²) < 4.78 is 4.82. The van der Waals surface area contributed by atoms with Crippen molar-refractivity contribution < 1.29 is 29.3 Å². The average Bonchev–Trinajstić information content (AvgIpc) is 2.44. The Morgan fingerprint density at radius 2 is 1.95 bits per heavy atom. The molecule has 7 heteroatoms. The van der Waals surface area contributed by atoms with E-state index in [1.54, 1.807) is 6.92 Å². The van der Waals surface area contributed by atoms with Crippen LogP contribution in [0.25, 0.3) is 0 Å². The number of carbonyl (C=O) groups excluding carboxylic acids is 2. The molecule has 0 spiro atoms. The van der Waals surface area contributed by atoms with E-state index < -0.39 is 29.2 Å². The van der Waals surface area contributed by atoms with Crippen molar-refractivity contribution in [3.8, 4) is 0 Å². The van der Waals surface area contributed by atoms with Gasteiger partial charge >= 0.3 is 11.9 Å². The fraction of sp³-hybridized carbons (Fsp3) is 0.357. The standard InChI is InChI=1S/C14H15ClO6/c1-3-21-14(20)9-6-4-5-8(11(15)7(2)16)10(9)12(17)13(18)19/h4-6,11-12,17H,3H2,1-2H3,(H,18,19). The summed E-state index contributed by atoms with van der Waals surface area (Å²) in [7, 11) is 0. The second kappa shape index (κ2) is 7.19. The normalized spacial score (nSPS) is 13.3. The summed E-state index contributed by atoms with van der Waals surface area (Å²) in [4.78, 5) is 34.3. The minimum Gasteiger partial charge on any atom is -0.479 e. The van der Waals surface area contributed by atoms with E-state index in [-0.39, 0.29) is 23.3 Å². The zero-order chi connectivity index (χ0) is 16.2. The Morgan fingerprint density at radius 3 is 2.43 bits per heavy atom. The van der Waals surface area contributed by atoms with Gasteiger partial charge in [0, 0.05) is 5.56 Å². The lowest BCUT2D eigenvalue weighted by molar-refractivity contribution is -0.147. The van der Waals surface area contributed by atoms with Crippen LogP contribution in [0.1, 0.15) is 46.8 Å². The molecule has 21 heavy (non-hydrogen) atoms. The Kier molecular flexibility index (Phi) is 5.87. The summed E-state index contributed by atoms with van der Waals surface area (Å²) in [5.41, 5.74) is -0.278. The first kappa shape index (κ1) is 17.1. The van der Waals surface area contributed by atoms with Gasteiger partial charge in [-0.3, -0.25) is 4.79 Å². The Morgan fingerprint density at radius 1 is 1.33 bits per heavy atom. The van der Waals surface area contributed by atoms with Gasteiger partial charge in [0.15, 0.2) is 11.9 Å². The number of aliphatic carboxylic acids is 1. The van der Waals surface area contributed by atoms with E-state index in [0.29, 0.717) is 0 Å². The predicted octanol–water partition coefficient (Wildman–Crippen LogP) is 1.85. The van der Waals surface area contributed by atoms with Gasteiger partial charge in [0.25, 0.3) is 0 Å². The number of ketones is 1. The lowest BCUT2D eigenvalue weighted by Gasteiger charge is -2.18. The molecule has 0 aliphatic carbocycles. The highest BCUT2D eigenvalue weighted by Crippen LogP contribution is 2.32. The predicted molar refractivity (Wildman–Crippen MR) is 74.3 cm³/mol. The van der Waals surface area contributed by atoms with Crippen molar-refractivity contribution in [2.24, 2.45) is 0 Å². The smallest absolute Gasteiger partial charge is 0.338 e. The molecule has 0 saturated carbocycles. The highest BCUT2D eigenvalue weighted by molar-refractivity contribution is 6.31. The Labute approximate surface area is 126 Å². The van der Waals surface area contributed by atoms with E-state index in [9.17, 15) is 19.5 Å². The molecule has 6 nitrogen and oxygen atoms in total. The molecular weight excluding hydrogens is 300 g/mol. The van der Waals surface area contributed by atoms with E-state index in [2.05, 4.69) is 0 Å². The lowest BCUT2D eigenvalue weighted by atomic mass is 9.93. The largest absolute Gasteiger partial charge is 0.479 e. The summed E-state index contributed by atoms with van der Waals surface area (Å²) in [6, 6.07) is 4.15. The number of aliphatic hydroxyl groups excluding tert-OH is 1. The number of alkyl halides is 1. The molecule has 114 valence electrons. The molecular formula is C14H15ClO6. The van der Waals surface area contributed by atoms with Gasteiger partial charge in [0.2, 0.25) is 0 Å². The number of hydrogen-bond acceptors (Lipinski definition) is 5. The number of benzene rings is 1. The van der Waals surface area contributed by atoms with Crippen molar-refractivity contribution in [1.29, 1.82) is 0 Å². The highest BCUT2D eigenvalue weighted by atomic mass is 35.5. The Hall–Kier alpha value is -1.92. The van der Waals surface area contributed by atoms with E-state index in [4.69, 9.17) is 21.4 Å². The van der Waals surface area contributed by atoms with E-state index in [1.807, 2.05) is 0 Å². The molecule has 0 fully saturated rings. The number of aliphatic hydroxyl groups is 1. The van der Waals surface area contributed by atoms with Crippen LogP contribution >= 0.6 is 11.6 Å². The third-order valence-corrected chi connectivity index (χ3v) is 3.31. The van der Waals surface area contributed by atoms with Gasteiger partial charge in [0.1, 0.15) is 5.38 Å². The van der Waals surface area contributed by atoms with Gasteiger partial charge in [-0.25, -0.2) is 9.59 Å². The van der Waals surface area contributed by atoms with Crippen molar-refractivity contribution in [1.82, 2.24) is 0 Å². The van der Waals surface area contributed by atoms with Crippen LogP contribution in [0.4, 0.5) is 0 Å². The maximum atomic E-state index is 11.9. The molecule has 0 bridgehead atoms. The number of Topliss-reactive ketones (excluding diaryl/α,β-unsaturated/α-hetero) is 1. The molecule has 1 aromatic rings. The Balaban J connectivity index is 3.51. The molecule has 0 aliphatic rings. The molecule has 2 unspecified atom stereocenters. The number of ether oxygens (including phenoxy) is 1. The van der Waals surface area contributed by atoms with Crippen LogP contribution in [0.2, 0.25) is 0 Å². The first-order valence-electron chi connectivity index (χ1n) is 6.16. The fourth-order valence-corrected chi connectivity index (χ4v) is 2.03. The summed E-state index contributed by atoms with van der Waals surface area (Å²) in [6.07, 6.45) is -1.98. The number of carbonyl (C=O) groups is 3. The highest BCUT2D eigenvalue weighted by Gasteiger charge is 2.30. The molecule has 1 rings (SSSR count). The summed E-state index contributed by atoms with van der Waals surface area (Å²) in [5, 5.41) is 17.7. The Bertz CT molecular complexity index is 569. The van der Waals surface area contributed by atoms with Crippen LogP contribution in [0.5, 0.6) is 0 Å². The van der Waals surface area contributed by atoms with Crippen LogP contribution in [-0.4, -0.2) is 34.5 Å². The second-order valence-corrected chi connectivity index (χ2v) is 4.68. The van der Waals surface area contributed by atoms with Crippen LogP contribution in [0.3, 0.4) is 0 Å². The summed E-state index contributed by atoms with van der Waals surface area (Å²) >= 11 is 5.94. The minimum absolute atomic E-state index is 0.0737. The maximum Gasteiger partial charge on any atom is 0.338 e. The van der Waals surface area contributed by atoms with Gasteiger partial charge < -0.3 is 14.9 Å². The van der Waals surface area contributed by atoms with Gasteiger partial charge in [-0.05, 0) is 25.5 Å². The minimum atomic E-state index is -1.98. The van der Waals surface area contributed by atoms with Crippen molar-refractivity contribution in [3.63, 3.8) is 0 Å². The second-order valence-electron chi connectivity index (χ2n) is 4.24. The number of halogens is 1. The molecule has 1 aromatic carbocycles. The number of carboxylic acid groups (broad SMARTS) is 1. The molecule has 0 aromatic heterocycles. The van der Waals surface area contributed by atoms with Gasteiger partial charge in [0.05, 0.1) is 12.2 Å². The lowest BCUT2D eigenvalue weighted by Crippen LogP contribution is -2.20. The average molecular weight is 315 g/mol. The van der Waals surface area contributed by atoms with Crippen LogP contribution in [0.15, 0.2) is 18.2 Å².